The Morgan fingerprint density at radius 1 is 1.31 bits per heavy atom. The van der Waals surface area contributed by atoms with Crippen molar-refractivity contribution in [2.24, 2.45) is 0 Å². The van der Waals surface area contributed by atoms with Crippen LogP contribution in [0.4, 0.5) is 5.82 Å². The topological polar surface area (TPSA) is 104 Å². The number of amides is 1. The van der Waals surface area contributed by atoms with Gasteiger partial charge in [0.2, 0.25) is 0 Å². The number of carbonyl (C=O) groups excluding carboxylic acids is 2. The van der Waals surface area contributed by atoms with E-state index in [0.717, 1.165) is 0 Å². The predicted octanol–water partition coefficient (Wildman–Crippen LogP) is 3.49. The summed E-state index contributed by atoms with van der Waals surface area (Å²) in [6, 6.07) is 0. The number of nitrogens with zero attached hydrogens (tertiary/aromatic N) is 1. The minimum atomic E-state index is -0.725. The van der Waals surface area contributed by atoms with Crippen LogP contribution in [0, 0.1) is 20.8 Å². The first-order valence-electron chi connectivity index (χ1n) is 7.78. The van der Waals surface area contributed by atoms with Gasteiger partial charge in [-0.3, -0.25) is 4.79 Å². The highest BCUT2D eigenvalue weighted by atomic mass is 35.5. The van der Waals surface area contributed by atoms with E-state index in [1.807, 2.05) is 0 Å². The maximum Gasteiger partial charge on any atom is 0.355 e. The molecule has 0 saturated carbocycles. The van der Waals surface area contributed by atoms with E-state index >= 15 is 0 Å². The maximum atomic E-state index is 12.2. The summed E-state index contributed by atoms with van der Waals surface area (Å²) in [5.41, 5.74) is 2.67. The molecule has 0 fully saturated rings. The SMILES string of the molecule is Cc1[nH]c(C(=O)OCC(=O)Nc2ncc(Cl)c(C)c2Cl)c(C)c1[C@@H](C)O. The maximum absolute atomic E-state index is 12.2. The fraction of sp³-hybridized carbons (Fsp3) is 0.353. The predicted molar refractivity (Wildman–Crippen MR) is 98.8 cm³/mol. The van der Waals surface area contributed by atoms with Crippen LogP contribution in [0.2, 0.25) is 10.0 Å². The number of aliphatic hydroxyl groups excluding tert-OH is 1. The van der Waals surface area contributed by atoms with Crippen molar-refractivity contribution in [2.75, 3.05) is 11.9 Å². The Labute approximate surface area is 160 Å². The molecule has 9 heteroatoms. The fourth-order valence-corrected chi connectivity index (χ4v) is 3.00. The number of pyridine rings is 1. The molecule has 0 radical (unpaired) electrons. The first kappa shape index (κ1) is 20.2. The number of halogens is 2. The summed E-state index contributed by atoms with van der Waals surface area (Å²) in [7, 11) is 0. The number of esters is 1. The van der Waals surface area contributed by atoms with Gasteiger partial charge in [-0.05, 0) is 38.8 Å². The molecule has 2 aromatic rings. The van der Waals surface area contributed by atoms with E-state index in [1.165, 1.54) is 6.20 Å². The molecule has 2 heterocycles. The van der Waals surface area contributed by atoms with Crippen LogP contribution in [-0.2, 0) is 9.53 Å². The summed E-state index contributed by atoms with van der Waals surface area (Å²) in [6.07, 6.45) is 0.644. The number of aromatic nitrogens is 2. The Bertz CT molecular complexity index is 862. The monoisotopic (exact) mass is 399 g/mol. The van der Waals surface area contributed by atoms with Crippen molar-refractivity contribution in [1.82, 2.24) is 9.97 Å². The molecule has 0 unspecified atom stereocenters. The highest BCUT2D eigenvalue weighted by Crippen LogP contribution is 2.28. The van der Waals surface area contributed by atoms with Gasteiger partial charge in [0, 0.05) is 17.5 Å². The molecule has 0 bridgehead atoms. The number of H-pyrrole nitrogens is 1. The molecule has 0 aromatic carbocycles. The molecule has 0 aliphatic heterocycles. The summed E-state index contributed by atoms with van der Waals surface area (Å²) >= 11 is 12.0. The van der Waals surface area contributed by atoms with Crippen LogP contribution in [0.25, 0.3) is 0 Å². The summed E-state index contributed by atoms with van der Waals surface area (Å²) in [6.45, 7) is 6.23. The second-order valence-electron chi connectivity index (χ2n) is 5.86. The summed E-state index contributed by atoms with van der Waals surface area (Å²) in [4.78, 5) is 31.0. The van der Waals surface area contributed by atoms with E-state index in [0.29, 0.717) is 27.4 Å². The average molecular weight is 400 g/mol. The lowest BCUT2D eigenvalue weighted by Gasteiger charge is -2.09. The van der Waals surface area contributed by atoms with Crippen molar-refractivity contribution >= 4 is 40.9 Å². The Balaban J connectivity index is 2.03. The van der Waals surface area contributed by atoms with Gasteiger partial charge in [0.05, 0.1) is 16.1 Å². The Morgan fingerprint density at radius 3 is 2.54 bits per heavy atom. The molecule has 0 spiro atoms. The zero-order valence-corrected chi connectivity index (χ0v) is 16.2. The lowest BCUT2D eigenvalue weighted by molar-refractivity contribution is -0.119. The molecule has 26 heavy (non-hydrogen) atoms. The summed E-state index contributed by atoms with van der Waals surface area (Å²) in [5.74, 6) is -1.15. The minimum Gasteiger partial charge on any atom is -0.451 e. The third-order valence-electron chi connectivity index (χ3n) is 3.91. The number of nitrogens with one attached hydrogen (secondary N) is 2. The van der Waals surface area contributed by atoms with Gasteiger partial charge in [0.15, 0.2) is 12.4 Å². The van der Waals surface area contributed by atoms with Gasteiger partial charge in [-0.2, -0.15) is 0 Å². The van der Waals surface area contributed by atoms with Crippen molar-refractivity contribution in [1.29, 1.82) is 0 Å². The quantitative estimate of drug-likeness (QED) is 0.667. The molecule has 2 aromatic heterocycles. The summed E-state index contributed by atoms with van der Waals surface area (Å²) < 4.78 is 5.02. The van der Waals surface area contributed by atoms with Gasteiger partial charge in [-0.25, -0.2) is 9.78 Å². The number of ether oxygens (including phenoxy) is 1. The number of hydrogen-bond acceptors (Lipinski definition) is 5. The van der Waals surface area contributed by atoms with Gasteiger partial charge in [-0.15, -0.1) is 0 Å². The third-order valence-corrected chi connectivity index (χ3v) is 4.76. The number of carbonyl (C=O) groups is 2. The Hall–Kier alpha value is -2.09. The molecular formula is C17H19Cl2N3O4. The van der Waals surface area contributed by atoms with Crippen LogP contribution in [-0.4, -0.2) is 33.6 Å². The second kappa shape index (κ2) is 8.07. The van der Waals surface area contributed by atoms with E-state index in [9.17, 15) is 14.7 Å². The van der Waals surface area contributed by atoms with Crippen LogP contribution >= 0.6 is 23.2 Å². The van der Waals surface area contributed by atoms with Crippen LogP contribution in [0.5, 0.6) is 0 Å². The number of anilines is 1. The van der Waals surface area contributed by atoms with Gasteiger partial charge in [0.25, 0.3) is 5.91 Å². The fourth-order valence-electron chi connectivity index (χ4n) is 2.61. The number of aliphatic hydroxyl groups is 1. The number of aryl methyl sites for hydroxylation is 1. The normalized spacial score (nSPS) is 12.0. The van der Waals surface area contributed by atoms with E-state index < -0.39 is 24.6 Å². The molecule has 1 atom stereocenters. The van der Waals surface area contributed by atoms with Gasteiger partial charge in [0.1, 0.15) is 5.69 Å². The van der Waals surface area contributed by atoms with Crippen LogP contribution < -0.4 is 5.32 Å². The largest absolute Gasteiger partial charge is 0.451 e. The first-order chi connectivity index (χ1) is 12.1. The second-order valence-corrected chi connectivity index (χ2v) is 6.64. The van der Waals surface area contributed by atoms with Crippen LogP contribution in [0.1, 0.15) is 45.9 Å². The van der Waals surface area contributed by atoms with E-state index in [4.69, 9.17) is 27.9 Å². The minimum absolute atomic E-state index is 0.137. The molecule has 0 aliphatic rings. The molecule has 7 nitrogen and oxygen atoms in total. The van der Waals surface area contributed by atoms with Gasteiger partial charge >= 0.3 is 5.97 Å². The number of aromatic amines is 1. The van der Waals surface area contributed by atoms with Crippen molar-refractivity contribution in [2.45, 2.75) is 33.8 Å². The number of rotatable bonds is 5. The zero-order chi connectivity index (χ0) is 19.6. The molecule has 1 amide bonds. The molecule has 0 saturated heterocycles. The molecule has 3 N–H and O–H groups in total. The highest BCUT2D eigenvalue weighted by molar-refractivity contribution is 6.37. The van der Waals surface area contributed by atoms with Gasteiger partial charge in [-0.1, -0.05) is 23.2 Å². The van der Waals surface area contributed by atoms with E-state index in [1.54, 1.807) is 27.7 Å². The zero-order valence-electron chi connectivity index (χ0n) is 14.7. The van der Waals surface area contributed by atoms with Crippen molar-refractivity contribution in [3.8, 4) is 0 Å². The third kappa shape index (κ3) is 4.17. The van der Waals surface area contributed by atoms with Gasteiger partial charge < -0.3 is 20.1 Å². The van der Waals surface area contributed by atoms with E-state index in [-0.39, 0.29) is 16.5 Å². The average Bonchev–Trinajstić information content (AvgIpc) is 2.88. The van der Waals surface area contributed by atoms with Crippen molar-refractivity contribution < 1.29 is 19.4 Å². The lowest BCUT2D eigenvalue weighted by Crippen LogP contribution is -2.22. The van der Waals surface area contributed by atoms with Crippen molar-refractivity contribution in [3.63, 3.8) is 0 Å². The highest BCUT2D eigenvalue weighted by Gasteiger charge is 2.22. The smallest absolute Gasteiger partial charge is 0.355 e. The summed E-state index contributed by atoms with van der Waals surface area (Å²) in [5, 5.41) is 12.8. The van der Waals surface area contributed by atoms with Crippen LogP contribution in [0.3, 0.4) is 0 Å². The Morgan fingerprint density at radius 2 is 1.96 bits per heavy atom. The molecule has 2 rings (SSSR count). The first-order valence-corrected chi connectivity index (χ1v) is 8.53. The number of hydrogen-bond donors (Lipinski definition) is 3. The van der Waals surface area contributed by atoms with E-state index in [2.05, 4.69) is 15.3 Å². The molecule has 0 aliphatic carbocycles. The Kier molecular flexibility index (Phi) is 6.28. The lowest BCUT2D eigenvalue weighted by atomic mass is 10.1. The van der Waals surface area contributed by atoms with Crippen molar-refractivity contribution in [3.05, 3.63) is 44.3 Å². The molecule has 140 valence electrons. The van der Waals surface area contributed by atoms with Crippen LogP contribution in [0.15, 0.2) is 6.20 Å². The standard InChI is InChI=1S/C17H19Cl2N3O4/c1-7-11(18)5-20-16(14(7)19)22-12(24)6-26-17(25)15-8(2)13(10(4)23)9(3)21-15/h5,10,21,23H,6H2,1-4H3,(H,20,22,24)/t10-/m1/s1. The molecular weight excluding hydrogens is 381 g/mol.